The summed E-state index contributed by atoms with van der Waals surface area (Å²) >= 11 is 0. The van der Waals surface area contributed by atoms with Gasteiger partial charge in [-0.15, -0.1) is 0 Å². The topological polar surface area (TPSA) is 91.7 Å². The molecule has 0 bridgehead atoms. The molecular weight excluding hydrogens is 270 g/mol. The van der Waals surface area contributed by atoms with Gasteiger partial charge in [-0.25, -0.2) is 13.1 Å². The number of nitrogens with zero attached hydrogens (tertiary/aromatic N) is 1. The van der Waals surface area contributed by atoms with Crippen molar-refractivity contribution in [2.75, 3.05) is 27.7 Å². The maximum absolute atomic E-state index is 11.4. The van der Waals surface area contributed by atoms with Gasteiger partial charge in [0.25, 0.3) is 10.0 Å². The number of hydrogen-bond donors (Lipinski definition) is 2. The molecule has 8 heteroatoms. The highest BCUT2D eigenvalue weighted by Gasteiger charge is 2.16. The lowest BCUT2D eigenvalue weighted by Gasteiger charge is -2.09. The van der Waals surface area contributed by atoms with Crippen molar-refractivity contribution in [1.29, 1.82) is 0 Å². The maximum atomic E-state index is 11.4. The van der Waals surface area contributed by atoms with Crippen LogP contribution in [0.2, 0.25) is 0 Å². The molecule has 0 unspecified atom stereocenters. The zero-order valence-corrected chi connectivity index (χ0v) is 12.1. The summed E-state index contributed by atoms with van der Waals surface area (Å²) in [5.41, 5.74) is 0. The third kappa shape index (κ3) is 4.66. The van der Waals surface area contributed by atoms with E-state index in [0.29, 0.717) is 25.3 Å². The van der Waals surface area contributed by atoms with E-state index < -0.39 is 10.0 Å². The first-order valence-corrected chi connectivity index (χ1v) is 7.28. The molecule has 19 heavy (non-hydrogen) atoms. The van der Waals surface area contributed by atoms with E-state index >= 15 is 0 Å². The Kier molecular flexibility index (Phi) is 5.52. The van der Waals surface area contributed by atoms with Gasteiger partial charge >= 0.3 is 0 Å². The number of carbonyl (C=O) groups is 1. The van der Waals surface area contributed by atoms with E-state index in [-0.39, 0.29) is 11.0 Å². The minimum absolute atomic E-state index is 0.0328. The van der Waals surface area contributed by atoms with Crippen molar-refractivity contribution in [3.63, 3.8) is 0 Å². The fourth-order valence-corrected chi connectivity index (χ4v) is 1.99. The Morgan fingerprint density at radius 3 is 2.63 bits per heavy atom. The largest absolute Gasteiger partial charge is 0.447 e. The van der Waals surface area contributed by atoms with Crippen molar-refractivity contribution in [2.24, 2.45) is 0 Å². The van der Waals surface area contributed by atoms with E-state index in [2.05, 4.69) is 10.0 Å². The number of hydrogen-bond acceptors (Lipinski definition) is 5. The monoisotopic (exact) mass is 289 g/mol. The van der Waals surface area contributed by atoms with Crippen molar-refractivity contribution in [2.45, 2.75) is 18.1 Å². The Balaban J connectivity index is 2.42. The fraction of sp³-hybridized carbons (Fsp3) is 0.545. The molecule has 1 amide bonds. The SMILES string of the molecule is CNS(=O)(=O)c1ccc(CNCCC(=O)N(C)C)o1. The van der Waals surface area contributed by atoms with Gasteiger partial charge < -0.3 is 14.6 Å². The summed E-state index contributed by atoms with van der Waals surface area (Å²) in [7, 11) is 1.18. The van der Waals surface area contributed by atoms with Crippen LogP contribution in [0.3, 0.4) is 0 Å². The Hall–Kier alpha value is -1.38. The molecule has 0 radical (unpaired) electrons. The smallest absolute Gasteiger partial charge is 0.273 e. The predicted molar refractivity (Wildman–Crippen MR) is 70.0 cm³/mol. The highest BCUT2D eigenvalue weighted by Crippen LogP contribution is 2.12. The molecule has 0 saturated carbocycles. The average molecular weight is 289 g/mol. The Morgan fingerprint density at radius 2 is 2.05 bits per heavy atom. The number of furan rings is 1. The second-order valence-electron chi connectivity index (χ2n) is 4.14. The van der Waals surface area contributed by atoms with Gasteiger partial charge in [-0.2, -0.15) is 0 Å². The Morgan fingerprint density at radius 1 is 1.37 bits per heavy atom. The molecule has 1 aromatic rings. The molecule has 1 rings (SSSR count). The minimum Gasteiger partial charge on any atom is -0.447 e. The van der Waals surface area contributed by atoms with E-state index in [4.69, 9.17) is 4.42 Å². The maximum Gasteiger partial charge on any atom is 0.273 e. The molecule has 1 heterocycles. The van der Waals surface area contributed by atoms with E-state index in [9.17, 15) is 13.2 Å². The van der Waals surface area contributed by atoms with E-state index in [0.717, 1.165) is 0 Å². The summed E-state index contributed by atoms with van der Waals surface area (Å²) in [6.07, 6.45) is 0.384. The zero-order valence-electron chi connectivity index (χ0n) is 11.3. The zero-order chi connectivity index (χ0) is 14.5. The van der Waals surface area contributed by atoms with Gasteiger partial charge in [0.15, 0.2) is 0 Å². The first-order valence-electron chi connectivity index (χ1n) is 5.80. The molecule has 0 atom stereocenters. The van der Waals surface area contributed by atoms with Crippen LogP contribution in [0.25, 0.3) is 0 Å². The Labute approximate surface area is 113 Å². The lowest BCUT2D eigenvalue weighted by atomic mass is 10.3. The van der Waals surface area contributed by atoms with Crippen LogP contribution in [-0.4, -0.2) is 46.9 Å². The van der Waals surface area contributed by atoms with Crippen LogP contribution in [-0.2, 0) is 21.4 Å². The van der Waals surface area contributed by atoms with Gasteiger partial charge in [-0.05, 0) is 19.2 Å². The molecule has 1 aromatic heterocycles. The van der Waals surface area contributed by atoms with Crippen molar-refractivity contribution in [3.8, 4) is 0 Å². The van der Waals surface area contributed by atoms with Gasteiger partial charge in [0, 0.05) is 27.1 Å². The Bertz CT molecular complexity index is 522. The third-order valence-corrected chi connectivity index (χ3v) is 3.77. The van der Waals surface area contributed by atoms with Crippen LogP contribution in [0, 0.1) is 0 Å². The van der Waals surface area contributed by atoms with Gasteiger partial charge in [0.2, 0.25) is 11.0 Å². The average Bonchev–Trinajstić information content (AvgIpc) is 2.83. The quantitative estimate of drug-likeness (QED) is 0.676. The van der Waals surface area contributed by atoms with Crippen LogP contribution in [0.4, 0.5) is 0 Å². The molecule has 0 spiro atoms. The number of carbonyl (C=O) groups excluding carboxylic acids is 1. The van der Waals surface area contributed by atoms with Crippen LogP contribution in [0.15, 0.2) is 21.6 Å². The third-order valence-electron chi connectivity index (χ3n) is 2.48. The van der Waals surface area contributed by atoms with Crippen molar-refractivity contribution < 1.29 is 17.6 Å². The summed E-state index contributed by atoms with van der Waals surface area (Å²) in [5.74, 6) is 0.538. The lowest BCUT2D eigenvalue weighted by Crippen LogP contribution is -2.26. The second kappa shape index (κ2) is 6.69. The van der Waals surface area contributed by atoms with Crippen molar-refractivity contribution in [1.82, 2.24) is 14.9 Å². The van der Waals surface area contributed by atoms with Crippen LogP contribution in [0.5, 0.6) is 0 Å². The molecule has 0 aromatic carbocycles. The first-order chi connectivity index (χ1) is 8.86. The normalized spacial score (nSPS) is 11.5. The molecule has 7 nitrogen and oxygen atoms in total. The molecule has 0 aliphatic carbocycles. The molecular formula is C11H19N3O4S. The summed E-state index contributed by atoms with van der Waals surface area (Å²) in [6.45, 7) is 0.881. The molecule has 108 valence electrons. The van der Waals surface area contributed by atoms with E-state index in [1.165, 1.54) is 18.0 Å². The summed E-state index contributed by atoms with van der Waals surface area (Å²) in [6, 6.07) is 2.98. The standard InChI is InChI=1S/C11H19N3O4S/c1-12-19(16,17)11-5-4-9(18-11)8-13-7-6-10(15)14(2)3/h4-5,12-13H,6-8H2,1-3H3. The van der Waals surface area contributed by atoms with E-state index in [1.807, 2.05) is 0 Å². The number of amides is 1. The number of nitrogens with one attached hydrogen (secondary N) is 2. The molecule has 0 aliphatic rings. The molecule has 0 saturated heterocycles. The number of sulfonamides is 1. The van der Waals surface area contributed by atoms with Gasteiger partial charge in [0.05, 0.1) is 6.54 Å². The highest BCUT2D eigenvalue weighted by molar-refractivity contribution is 7.89. The van der Waals surface area contributed by atoms with Crippen LogP contribution < -0.4 is 10.0 Å². The summed E-state index contributed by atoms with van der Waals surface area (Å²) in [4.78, 5) is 12.8. The minimum atomic E-state index is -3.54. The fourth-order valence-electron chi connectivity index (χ4n) is 1.33. The lowest BCUT2D eigenvalue weighted by molar-refractivity contribution is -0.128. The van der Waals surface area contributed by atoms with Gasteiger partial charge in [-0.3, -0.25) is 4.79 Å². The summed E-state index contributed by atoms with van der Waals surface area (Å²) in [5, 5.41) is 2.90. The first kappa shape index (κ1) is 15.7. The second-order valence-corrected chi connectivity index (χ2v) is 5.96. The van der Waals surface area contributed by atoms with Gasteiger partial charge in [-0.1, -0.05) is 0 Å². The molecule has 2 N–H and O–H groups in total. The molecule has 0 aliphatic heterocycles. The van der Waals surface area contributed by atoms with Crippen LogP contribution in [0.1, 0.15) is 12.2 Å². The van der Waals surface area contributed by atoms with Crippen LogP contribution >= 0.6 is 0 Å². The molecule has 0 fully saturated rings. The van der Waals surface area contributed by atoms with Gasteiger partial charge in [0.1, 0.15) is 5.76 Å². The highest BCUT2D eigenvalue weighted by atomic mass is 32.2. The number of rotatable bonds is 7. The van der Waals surface area contributed by atoms with E-state index in [1.54, 1.807) is 20.2 Å². The predicted octanol–water partition coefficient (Wildman–Crippen LogP) is -0.244. The van der Waals surface area contributed by atoms with Crippen molar-refractivity contribution in [3.05, 3.63) is 17.9 Å². The van der Waals surface area contributed by atoms with Crippen molar-refractivity contribution >= 4 is 15.9 Å². The summed E-state index contributed by atoms with van der Waals surface area (Å²) < 4.78 is 30.2.